The molecule has 2 aromatic carbocycles. The van der Waals surface area contributed by atoms with Gasteiger partial charge in [0.15, 0.2) is 6.10 Å². The maximum Gasteiger partial charge on any atom is 0.340 e. The Morgan fingerprint density at radius 2 is 1.52 bits per heavy atom. The predicted octanol–water partition coefficient (Wildman–Crippen LogP) is 7.26. The van der Waals surface area contributed by atoms with Crippen LogP contribution in [0.4, 0.5) is 0 Å². The molecule has 0 fully saturated rings. The van der Waals surface area contributed by atoms with Gasteiger partial charge in [-0.2, -0.15) is 0 Å². The van der Waals surface area contributed by atoms with E-state index in [4.69, 9.17) is 9.47 Å². The third kappa shape index (κ3) is 7.54. The van der Waals surface area contributed by atoms with E-state index in [0.717, 1.165) is 35.2 Å². The highest BCUT2D eigenvalue weighted by atomic mass is 16.6. The number of carbonyl (C=O) groups excluding carboxylic acids is 1. The number of nitrogens with zero attached hydrogens (tertiary/aromatic N) is 1. The summed E-state index contributed by atoms with van der Waals surface area (Å²) in [6.45, 7) is 6.50. The SMILES string of the molecule is CCCCCCc1ccc(-c2ccc(-c3ccc(OC(=O)[C@@H](C)OCCC)cc3)cn2)cc1. The first kappa shape index (κ1) is 24.7. The maximum atomic E-state index is 12.1. The van der Waals surface area contributed by atoms with E-state index in [1.54, 1.807) is 19.1 Å². The summed E-state index contributed by atoms with van der Waals surface area (Å²) in [5.41, 5.74) is 5.51. The lowest BCUT2D eigenvalue weighted by Gasteiger charge is -2.12. The van der Waals surface area contributed by atoms with Crippen molar-refractivity contribution < 1.29 is 14.3 Å². The van der Waals surface area contributed by atoms with Gasteiger partial charge in [-0.1, -0.05) is 75.6 Å². The zero-order valence-corrected chi connectivity index (χ0v) is 20.0. The molecule has 0 saturated heterocycles. The fourth-order valence-corrected chi connectivity index (χ4v) is 3.61. The minimum absolute atomic E-state index is 0.380. The first-order chi connectivity index (χ1) is 16.1. The van der Waals surface area contributed by atoms with Gasteiger partial charge in [-0.25, -0.2) is 4.79 Å². The number of aromatic nitrogens is 1. The second kappa shape index (κ2) is 12.9. The summed E-state index contributed by atoms with van der Waals surface area (Å²) in [4.78, 5) is 16.7. The van der Waals surface area contributed by atoms with Gasteiger partial charge in [-0.15, -0.1) is 0 Å². The summed E-state index contributed by atoms with van der Waals surface area (Å²) >= 11 is 0. The normalized spacial score (nSPS) is 11.8. The Bertz CT molecular complexity index is 979. The highest BCUT2D eigenvalue weighted by molar-refractivity contribution is 5.77. The van der Waals surface area contributed by atoms with E-state index in [9.17, 15) is 4.79 Å². The molecular weight excluding hydrogens is 410 g/mol. The van der Waals surface area contributed by atoms with Crippen molar-refractivity contribution in [3.8, 4) is 28.1 Å². The lowest BCUT2D eigenvalue weighted by atomic mass is 10.0. The van der Waals surface area contributed by atoms with Gasteiger partial charge in [0.2, 0.25) is 0 Å². The average molecular weight is 446 g/mol. The van der Waals surface area contributed by atoms with E-state index < -0.39 is 6.10 Å². The minimum atomic E-state index is -0.573. The molecule has 0 spiro atoms. The number of aryl methyl sites for hydroxylation is 1. The van der Waals surface area contributed by atoms with Crippen molar-refractivity contribution in [2.75, 3.05) is 6.61 Å². The Morgan fingerprint density at radius 1 is 0.818 bits per heavy atom. The van der Waals surface area contributed by atoms with Crippen molar-refractivity contribution in [2.45, 2.75) is 65.4 Å². The molecule has 4 heteroatoms. The van der Waals surface area contributed by atoms with Crippen LogP contribution in [0.1, 0.15) is 58.4 Å². The van der Waals surface area contributed by atoms with Gasteiger partial charge < -0.3 is 9.47 Å². The Labute approximate surface area is 198 Å². The Morgan fingerprint density at radius 3 is 2.15 bits per heavy atom. The van der Waals surface area contributed by atoms with Crippen LogP contribution in [0, 0.1) is 0 Å². The van der Waals surface area contributed by atoms with E-state index in [2.05, 4.69) is 42.2 Å². The lowest BCUT2D eigenvalue weighted by molar-refractivity contribution is -0.146. The van der Waals surface area contributed by atoms with Crippen LogP contribution in [0.25, 0.3) is 22.4 Å². The van der Waals surface area contributed by atoms with Crippen LogP contribution in [-0.4, -0.2) is 23.7 Å². The summed E-state index contributed by atoms with van der Waals surface area (Å²) in [6, 6.07) is 20.3. The van der Waals surface area contributed by atoms with Gasteiger partial charge >= 0.3 is 5.97 Å². The number of pyridine rings is 1. The molecule has 0 amide bonds. The van der Waals surface area contributed by atoms with Gasteiger partial charge in [0, 0.05) is 23.9 Å². The number of esters is 1. The number of rotatable bonds is 12. The van der Waals surface area contributed by atoms with Crippen LogP contribution < -0.4 is 4.74 Å². The summed E-state index contributed by atoms with van der Waals surface area (Å²) in [7, 11) is 0. The number of carbonyl (C=O) groups is 1. The van der Waals surface area contributed by atoms with Crippen molar-refractivity contribution in [1.82, 2.24) is 4.98 Å². The largest absolute Gasteiger partial charge is 0.425 e. The van der Waals surface area contributed by atoms with Crippen molar-refractivity contribution in [3.05, 3.63) is 72.4 Å². The topological polar surface area (TPSA) is 48.4 Å². The first-order valence-electron chi connectivity index (χ1n) is 12.1. The second-order valence-electron chi connectivity index (χ2n) is 8.40. The molecule has 0 N–H and O–H groups in total. The van der Waals surface area contributed by atoms with Gasteiger partial charge in [0.25, 0.3) is 0 Å². The summed E-state index contributed by atoms with van der Waals surface area (Å²) in [6.07, 6.45) is 8.46. The third-order valence-corrected chi connectivity index (χ3v) is 5.64. The number of unbranched alkanes of at least 4 members (excludes halogenated alkanes) is 3. The standard InChI is InChI=1S/C29H35NO3/c1-4-6-7-8-9-23-10-12-25(13-11-23)28-19-16-26(21-30-28)24-14-17-27(18-15-24)33-29(31)22(3)32-20-5-2/h10-19,21-22H,4-9,20H2,1-3H3/t22-/m1/s1. The molecule has 0 bridgehead atoms. The second-order valence-corrected chi connectivity index (χ2v) is 8.40. The molecule has 1 aromatic heterocycles. The Balaban J connectivity index is 1.58. The summed E-state index contributed by atoms with van der Waals surface area (Å²) in [5.74, 6) is 0.129. The third-order valence-electron chi connectivity index (χ3n) is 5.64. The first-order valence-corrected chi connectivity index (χ1v) is 12.1. The van der Waals surface area contributed by atoms with Gasteiger partial charge in [0.05, 0.1) is 5.69 Å². The highest BCUT2D eigenvalue weighted by Crippen LogP contribution is 2.25. The fraction of sp³-hybridized carbons (Fsp3) is 0.379. The molecule has 0 aliphatic rings. The molecule has 1 atom stereocenters. The van der Waals surface area contributed by atoms with Crippen molar-refractivity contribution in [2.24, 2.45) is 0 Å². The van der Waals surface area contributed by atoms with Crippen LogP contribution >= 0.6 is 0 Å². The van der Waals surface area contributed by atoms with E-state index in [1.165, 1.54) is 31.2 Å². The van der Waals surface area contributed by atoms with E-state index in [1.807, 2.05) is 31.3 Å². The fourth-order valence-electron chi connectivity index (χ4n) is 3.61. The van der Waals surface area contributed by atoms with E-state index >= 15 is 0 Å². The van der Waals surface area contributed by atoms with Crippen LogP contribution in [0.5, 0.6) is 5.75 Å². The van der Waals surface area contributed by atoms with Crippen LogP contribution in [0.15, 0.2) is 66.9 Å². The monoisotopic (exact) mass is 445 g/mol. The van der Waals surface area contributed by atoms with Gasteiger partial charge in [0.1, 0.15) is 5.75 Å². The molecule has 3 aromatic rings. The molecule has 3 rings (SSSR count). The predicted molar refractivity (Wildman–Crippen MR) is 134 cm³/mol. The molecule has 0 saturated carbocycles. The number of hydrogen-bond acceptors (Lipinski definition) is 4. The molecule has 174 valence electrons. The zero-order chi connectivity index (χ0) is 23.5. The summed E-state index contributed by atoms with van der Waals surface area (Å²) < 4.78 is 10.8. The molecule has 0 aliphatic heterocycles. The number of hydrogen-bond donors (Lipinski definition) is 0. The quantitative estimate of drug-likeness (QED) is 0.167. The zero-order valence-electron chi connectivity index (χ0n) is 20.0. The van der Waals surface area contributed by atoms with Crippen LogP contribution in [-0.2, 0) is 16.0 Å². The highest BCUT2D eigenvalue weighted by Gasteiger charge is 2.15. The van der Waals surface area contributed by atoms with E-state index in [-0.39, 0.29) is 5.97 Å². The van der Waals surface area contributed by atoms with Crippen LogP contribution in [0.3, 0.4) is 0 Å². The molecule has 0 aliphatic carbocycles. The summed E-state index contributed by atoms with van der Waals surface area (Å²) in [5, 5.41) is 0. The average Bonchev–Trinajstić information content (AvgIpc) is 2.86. The van der Waals surface area contributed by atoms with Crippen molar-refractivity contribution in [3.63, 3.8) is 0 Å². The maximum absolute atomic E-state index is 12.1. The molecular formula is C29H35NO3. The molecule has 0 radical (unpaired) electrons. The lowest BCUT2D eigenvalue weighted by Crippen LogP contribution is -2.26. The molecule has 4 nitrogen and oxygen atoms in total. The Kier molecular flexibility index (Phi) is 9.64. The number of ether oxygens (including phenoxy) is 2. The van der Waals surface area contributed by atoms with Crippen LogP contribution in [0.2, 0.25) is 0 Å². The molecule has 0 unspecified atom stereocenters. The van der Waals surface area contributed by atoms with Gasteiger partial charge in [-0.05, 0) is 55.5 Å². The smallest absolute Gasteiger partial charge is 0.340 e. The molecule has 33 heavy (non-hydrogen) atoms. The molecule has 1 heterocycles. The van der Waals surface area contributed by atoms with Crippen molar-refractivity contribution in [1.29, 1.82) is 0 Å². The van der Waals surface area contributed by atoms with Crippen molar-refractivity contribution >= 4 is 5.97 Å². The van der Waals surface area contributed by atoms with Gasteiger partial charge in [-0.3, -0.25) is 4.98 Å². The van der Waals surface area contributed by atoms with E-state index in [0.29, 0.717) is 12.4 Å². The minimum Gasteiger partial charge on any atom is -0.425 e. The number of benzene rings is 2. The Hall–Kier alpha value is -2.98.